The lowest BCUT2D eigenvalue weighted by Crippen LogP contribution is -2.55. The number of aryl methyl sites for hydroxylation is 1. The van der Waals surface area contributed by atoms with Crippen molar-refractivity contribution < 1.29 is 19.1 Å². The average Bonchev–Trinajstić information content (AvgIpc) is 2.74. The lowest BCUT2D eigenvalue weighted by atomic mass is 9.71. The van der Waals surface area contributed by atoms with Gasteiger partial charge in [0.15, 0.2) is 6.61 Å². The number of hydrogen-bond acceptors (Lipinski definition) is 5. The first-order valence-electron chi connectivity index (χ1n) is 11.2. The van der Waals surface area contributed by atoms with Gasteiger partial charge in [0.05, 0.1) is 5.60 Å². The number of benzene rings is 1. The van der Waals surface area contributed by atoms with E-state index in [0.29, 0.717) is 30.8 Å². The summed E-state index contributed by atoms with van der Waals surface area (Å²) in [5.41, 5.74) is 0.513. The minimum Gasteiger partial charge on any atom is -0.484 e. The van der Waals surface area contributed by atoms with Gasteiger partial charge in [-0.3, -0.25) is 4.79 Å². The first-order chi connectivity index (χ1) is 14.5. The predicted octanol–water partition coefficient (Wildman–Crippen LogP) is 3.67. The molecule has 1 saturated carbocycles. The van der Waals surface area contributed by atoms with Crippen LogP contribution >= 0.6 is 0 Å². The number of ether oxygens (including phenoxy) is 1. The lowest BCUT2D eigenvalue weighted by Gasteiger charge is -2.47. The first kappa shape index (κ1) is 20.9. The summed E-state index contributed by atoms with van der Waals surface area (Å²) in [7, 11) is 0. The zero-order valence-electron chi connectivity index (χ0n) is 17.7. The SMILES string of the molecule is CCCCc1cc(=O)oc2cc(OCC(=O)N3CC[C@]4(O)CCCC[C@@H]4C3)ccc12. The summed E-state index contributed by atoms with van der Waals surface area (Å²) in [4.78, 5) is 26.4. The maximum absolute atomic E-state index is 12.7. The van der Waals surface area contributed by atoms with E-state index in [2.05, 4.69) is 6.92 Å². The molecule has 1 aromatic carbocycles. The van der Waals surface area contributed by atoms with Crippen LogP contribution in [0.1, 0.15) is 57.4 Å². The lowest BCUT2D eigenvalue weighted by molar-refractivity contribution is -0.145. The van der Waals surface area contributed by atoms with Crippen molar-refractivity contribution in [2.75, 3.05) is 19.7 Å². The molecule has 1 N–H and O–H groups in total. The predicted molar refractivity (Wildman–Crippen MR) is 115 cm³/mol. The molecule has 0 bridgehead atoms. The number of likely N-dealkylation sites (tertiary alicyclic amines) is 1. The van der Waals surface area contributed by atoms with Crippen LogP contribution in [-0.4, -0.2) is 41.2 Å². The average molecular weight is 414 g/mol. The van der Waals surface area contributed by atoms with Gasteiger partial charge in [-0.05, 0) is 49.8 Å². The fourth-order valence-corrected chi connectivity index (χ4v) is 4.91. The van der Waals surface area contributed by atoms with Crippen LogP contribution in [0, 0.1) is 5.92 Å². The number of fused-ring (bicyclic) bond motifs is 2. The molecular weight excluding hydrogens is 382 g/mol. The highest BCUT2D eigenvalue weighted by Crippen LogP contribution is 2.39. The van der Waals surface area contributed by atoms with Crippen LogP contribution in [-0.2, 0) is 11.2 Å². The van der Waals surface area contributed by atoms with Crippen LogP contribution in [0.4, 0.5) is 0 Å². The van der Waals surface area contributed by atoms with E-state index in [9.17, 15) is 14.7 Å². The van der Waals surface area contributed by atoms with Gasteiger partial charge in [0, 0.05) is 36.5 Å². The summed E-state index contributed by atoms with van der Waals surface area (Å²) in [5, 5.41) is 11.7. The van der Waals surface area contributed by atoms with E-state index in [4.69, 9.17) is 9.15 Å². The minimum atomic E-state index is -0.596. The molecule has 1 amide bonds. The van der Waals surface area contributed by atoms with Crippen LogP contribution in [0.25, 0.3) is 11.0 Å². The number of rotatable bonds is 6. The Morgan fingerprint density at radius 3 is 3.00 bits per heavy atom. The first-order valence-corrected chi connectivity index (χ1v) is 11.2. The largest absolute Gasteiger partial charge is 0.484 e. The molecule has 2 aliphatic rings. The van der Waals surface area contributed by atoms with Crippen molar-refractivity contribution in [1.29, 1.82) is 0 Å². The smallest absolute Gasteiger partial charge is 0.336 e. The standard InChI is InChI=1S/C24H31NO5/c1-2-3-6-17-13-23(27)30-21-14-19(8-9-20(17)21)29-16-22(26)25-12-11-24(28)10-5-4-7-18(24)15-25/h8-9,13-14,18,28H,2-7,10-12,15-16H2,1H3/t18-,24-/m1/s1. The molecule has 1 aromatic heterocycles. The molecule has 0 radical (unpaired) electrons. The number of amides is 1. The normalized spacial score (nSPS) is 23.9. The minimum absolute atomic E-state index is 0.0591. The van der Waals surface area contributed by atoms with Gasteiger partial charge in [0.2, 0.25) is 0 Å². The molecule has 2 aromatic rings. The molecule has 6 nitrogen and oxygen atoms in total. The molecule has 4 rings (SSSR count). The van der Waals surface area contributed by atoms with Gasteiger partial charge < -0.3 is 19.2 Å². The van der Waals surface area contributed by atoms with E-state index < -0.39 is 5.60 Å². The summed E-state index contributed by atoms with van der Waals surface area (Å²) in [6.07, 6.45) is 7.56. The molecule has 2 heterocycles. The molecule has 1 saturated heterocycles. The van der Waals surface area contributed by atoms with Crippen LogP contribution in [0.2, 0.25) is 0 Å². The zero-order valence-corrected chi connectivity index (χ0v) is 17.7. The van der Waals surface area contributed by atoms with E-state index in [0.717, 1.165) is 55.9 Å². The Morgan fingerprint density at radius 2 is 2.17 bits per heavy atom. The Balaban J connectivity index is 1.41. The topological polar surface area (TPSA) is 80.0 Å². The third-order valence-electron chi connectivity index (χ3n) is 6.74. The van der Waals surface area contributed by atoms with Gasteiger partial charge in [-0.1, -0.05) is 26.2 Å². The number of nitrogens with zero attached hydrogens (tertiary/aromatic N) is 1. The highest BCUT2D eigenvalue weighted by Gasteiger charge is 2.43. The van der Waals surface area contributed by atoms with Crippen LogP contribution < -0.4 is 10.4 Å². The number of hydrogen-bond donors (Lipinski definition) is 1. The fourth-order valence-electron chi connectivity index (χ4n) is 4.91. The highest BCUT2D eigenvalue weighted by atomic mass is 16.5. The van der Waals surface area contributed by atoms with Crippen molar-refractivity contribution in [3.63, 3.8) is 0 Å². The maximum Gasteiger partial charge on any atom is 0.336 e. The molecule has 2 atom stereocenters. The van der Waals surface area contributed by atoms with Gasteiger partial charge in [0.25, 0.3) is 5.91 Å². The molecule has 1 aliphatic heterocycles. The summed E-state index contributed by atoms with van der Waals surface area (Å²) >= 11 is 0. The molecule has 1 aliphatic carbocycles. The van der Waals surface area contributed by atoms with Crippen LogP contribution in [0.15, 0.2) is 33.5 Å². The van der Waals surface area contributed by atoms with E-state index in [1.54, 1.807) is 12.1 Å². The molecule has 2 fully saturated rings. The Labute approximate surface area is 176 Å². The summed E-state index contributed by atoms with van der Waals surface area (Å²) in [6, 6.07) is 6.97. The quantitative estimate of drug-likeness (QED) is 0.731. The Bertz CT molecular complexity index is 968. The van der Waals surface area contributed by atoms with Crippen molar-refractivity contribution in [2.45, 2.75) is 63.9 Å². The summed E-state index contributed by atoms with van der Waals surface area (Å²) < 4.78 is 11.1. The Hall–Kier alpha value is -2.34. The third kappa shape index (κ3) is 4.38. The summed E-state index contributed by atoms with van der Waals surface area (Å²) in [6.45, 7) is 3.23. The molecule has 162 valence electrons. The van der Waals surface area contributed by atoms with E-state index in [1.807, 2.05) is 17.0 Å². The maximum atomic E-state index is 12.7. The molecule has 0 spiro atoms. The number of aliphatic hydroxyl groups is 1. The molecular formula is C24H31NO5. The molecule has 30 heavy (non-hydrogen) atoms. The van der Waals surface area contributed by atoms with Crippen molar-refractivity contribution >= 4 is 16.9 Å². The Kier molecular flexibility index (Phi) is 6.14. The van der Waals surface area contributed by atoms with Crippen molar-refractivity contribution in [3.05, 3.63) is 40.2 Å². The summed E-state index contributed by atoms with van der Waals surface area (Å²) in [5.74, 6) is 0.610. The highest BCUT2D eigenvalue weighted by molar-refractivity contribution is 5.82. The van der Waals surface area contributed by atoms with Crippen molar-refractivity contribution in [2.24, 2.45) is 5.92 Å². The van der Waals surface area contributed by atoms with E-state index in [1.165, 1.54) is 0 Å². The van der Waals surface area contributed by atoms with Gasteiger partial charge in [-0.15, -0.1) is 0 Å². The number of piperidine rings is 1. The number of carbonyl (C=O) groups excluding carboxylic acids is 1. The van der Waals surface area contributed by atoms with Gasteiger partial charge in [-0.25, -0.2) is 4.79 Å². The van der Waals surface area contributed by atoms with Crippen LogP contribution in [0.3, 0.4) is 0 Å². The van der Waals surface area contributed by atoms with Crippen molar-refractivity contribution in [3.8, 4) is 5.75 Å². The van der Waals surface area contributed by atoms with E-state index >= 15 is 0 Å². The molecule has 0 unspecified atom stereocenters. The van der Waals surface area contributed by atoms with Gasteiger partial charge in [0.1, 0.15) is 11.3 Å². The second-order valence-corrected chi connectivity index (χ2v) is 8.78. The number of carbonyl (C=O) groups is 1. The Morgan fingerprint density at radius 1 is 1.30 bits per heavy atom. The van der Waals surface area contributed by atoms with Gasteiger partial charge in [-0.2, -0.15) is 0 Å². The second kappa shape index (κ2) is 8.80. The molecule has 6 heteroatoms. The van der Waals surface area contributed by atoms with E-state index in [-0.39, 0.29) is 24.1 Å². The third-order valence-corrected chi connectivity index (χ3v) is 6.74. The van der Waals surface area contributed by atoms with Gasteiger partial charge >= 0.3 is 5.63 Å². The zero-order chi connectivity index (χ0) is 21.1. The van der Waals surface area contributed by atoms with Crippen molar-refractivity contribution in [1.82, 2.24) is 4.90 Å². The second-order valence-electron chi connectivity index (χ2n) is 8.78. The number of unbranched alkanes of at least 4 members (excludes halogenated alkanes) is 1. The van der Waals surface area contributed by atoms with Crippen LogP contribution in [0.5, 0.6) is 5.75 Å². The fraction of sp³-hybridized carbons (Fsp3) is 0.583. The monoisotopic (exact) mass is 413 g/mol.